The number of likely N-dealkylation sites (tertiary alicyclic amines) is 1. The van der Waals surface area contributed by atoms with Crippen molar-refractivity contribution in [3.05, 3.63) is 29.3 Å². The fraction of sp³-hybridized carbons (Fsp3) is 0.680. The smallest absolute Gasteiger partial charge is 0.411 e. The molecule has 1 N–H and O–H groups in total. The van der Waals surface area contributed by atoms with Gasteiger partial charge in [0.1, 0.15) is 11.1 Å². The number of carbonyl (C=O) groups excluding carboxylic acids is 2. The first-order chi connectivity index (χ1) is 13.7. The van der Waals surface area contributed by atoms with Crippen molar-refractivity contribution >= 4 is 17.7 Å². The van der Waals surface area contributed by atoms with E-state index in [1.54, 1.807) is 4.90 Å². The maximum Gasteiger partial charge on any atom is 0.411 e. The van der Waals surface area contributed by atoms with Gasteiger partial charge in [0.15, 0.2) is 0 Å². The van der Waals surface area contributed by atoms with Crippen molar-refractivity contribution in [2.24, 2.45) is 11.3 Å². The SMILES string of the molecule is CC[C@@H]1CCN(C(=O)OC(C)(C)C)[C@](C(=O)Nc2c(C)cccc2C)(C(C)(C)C)C1. The summed E-state index contributed by atoms with van der Waals surface area (Å²) >= 11 is 0. The van der Waals surface area contributed by atoms with E-state index in [9.17, 15) is 9.59 Å². The van der Waals surface area contributed by atoms with Crippen molar-refractivity contribution in [2.45, 2.75) is 92.7 Å². The van der Waals surface area contributed by atoms with Gasteiger partial charge in [0.2, 0.25) is 0 Å². The van der Waals surface area contributed by atoms with Crippen molar-refractivity contribution in [3.63, 3.8) is 0 Å². The summed E-state index contributed by atoms with van der Waals surface area (Å²) in [5.74, 6) is 0.253. The van der Waals surface area contributed by atoms with Crippen molar-refractivity contribution in [1.82, 2.24) is 4.90 Å². The molecule has 1 aromatic rings. The molecule has 1 fully saturated rings. The van der Waals surface area contributed by atoms with E-state index in [2.05, 4.69) is 12.2 Å². The Morgan fingerprint density at radius 2 is 1.70 bits per heavy atom. The average molecular weight is 417 g/mol. The number of para-hydroxylation sites is 1. The number of amides is 2. The number of hydrogen-bond acceptors (Lipinski definition) is 3. The fourth-order valence-corrected chi connectivity index (χ4v) is 4.54. The van der Waals surface area contributed by atoms with E-state index in [0.717, 1.165) is 29.7 Å². The molecule has 1 heterocycles. The molecule has 2 atom stereocenters. The number of hydrogen-bond donors (Lipinski definition) is 1. The maximum absolute atomic E-state index is 14.0. The predicted octanol–water partition coefficient (Wildman–Crippen LogP) is 6.08. The van der Waals surface area contributed by atoms with Crippen LogP contribution in [0, 0.1) is 25.2 Å². The number of benzene rings is 1. The van der Waals surface area contributed by atoms with Crippen molar-refractivity contribution in [2.75, 3.05) is 11.9 Å². The highest BCUT2D eigenvalue weighted by atomic mass is 16.6. The van der Waals surface area contributed by atoms with Gasteiger partial charge in [-0.05, 0) is 69.9 Å². The molecule has 168 valence electrons. The van der Waals surface area contributed by atoms with Gasteiger partial charge in [-0.1, -0.05) is 52.3 Å². The molecule has 5 nitrogen and oxygen atoms in total. The predicted molar refractivity (Wildman–Crippen MR) is 123 cm³/mol. The van der Waals surface area contributed by atoms with Gasteiger partial charge < -0.3 is 10.1 Å². The molecule has 5 heteroatoms. The van der Waals surface area contributed by atoms with Gasteiger partial charge in [0.05, 0.1) is 0 Å². The Bertz CT molecular complexity index is 768. The van der Waals surface area contributed by atoms with Gasteiger partial charge >= 0.3 is 6.09 Å². The lowest BCUT2D eigenvalue weighted by atomic mass is 9.64. The molecule has 2 rings (SSSR count). The number of anilines is 1. The number of ether oxygens (including phenoxy) is 1. The second-order valence-corrected chi connectivity index (χ2v) is 10.7. The molecule has 0 unspecified atom stereocenters. The normalized spacial score (nSPS) is 22.6. The first-order valence-corrected chi connectivity index (χ1v) is 11.1. The average Bonchev–Trinajstić information content (AvgIpc) is 2.61. The van der Waals surface area contributed by atoms with Crippen LogP contribution in [0.1, 0.15) is 78.9 Å². The quantitative estimate of drug-likeness (QED) is 0.649. The third-order valence-corrected chi connectivity index (χ3v) is 6.33. The Hall–Kier alpha value is -2.04. The number of nitrogens with one attached hydrogen (secondary N) is 1. The van der Waals surface area contributed by atoms with Crippen LogP contribution >= 0.6 is 0 Å². The summed E-state index contributed by atoms with van der Waals surface area (Å²) in [6, 6.07) is 5.97. The second kappa shape index (κ2) is 8.60. The molecular weight excluding hydrogens is 376 g/mol. The summed E-state index contributed by atoms with van der Waals surface area (Å²) in [5, 5.41) is 3.20. The molecule has 0 radical (unpaired) electrons. The van der Waals surface area contributed by atoms with Crippen LogP contribution in [0.3, 0.4) is 0 Å². The first-order valence-electron chi connectivity index (χ1n) is 11.1. The lowest BCUT2D eigenvalue weighted by Gasteiger charge is -2.54. The summed E-state index contributed by atoms with van der Waals surface area (Å²) in [6.45, 7) is 18.4. The zero-order valence-electron chi connectivity index (χ0n) is 20.3. The number of carbonyl (C=O) groups is 2. The fourth-order valence-electron chi connectivity index (χ4n) is 4.54. The van der Waals surface area contributed by atoms with Crippen LogP contribution in [0.5, 0.6) is 0 Å². The van der Waals surface area contributed by atoms with E-state index in [4.69, 9.17) is 4.74 Å². The number of aryl methyl sites for hydroxylation is 2. The molecule has 0 spiro atoms. The second-order valence-electron chi connectivity index (χ2n) is 10.7. The van der Waals surface area contributed by atoms with Crippen molar-refractivity contribution in [1.29, 1.82) is 0 Å². The zero-order chi connectivity index (χ0) is 22.9. The zero-order valence-corrected chi connectivity index (χ0v) is 20.3. The van der Waals surface area contributed by atoms with Gasteiger partial charge in [-0.2, -0.15) is 0 Å². The van der Waals surface area contributed by atoms with E-state index >= 15 is 0 Å². The molecule has 0 aliphatic carbocycles. The van der Waals surface area contributed by atoms with Gasteiger partial charge in [0, 0.05) is 12.2 Å². The highest BCUT2D eigenvalue weighted by Gasteiger charge is 2.58. The minimum atomic E-state index is -0.997. The minimum Gasteiger partial charge on any atom is -0.444 e. The lowest BCUT2D eigenvalue weighted by molar-refractivity contribution is -0.142. The molecular formula is C25H40N2O3. The van der Waals surface area contributed by atoms with Crippen LogP contribution in [0.25, 0.3) is 0 Å². The van der Waals surface area contributed by atoms with E-state index in [1.165, 1.54) is 0 Å². The Labute approximate surface area is 182 Å². The summed E-state index contributed by atoms with van der Waals surface area (Å²) < 4.78 is 5.75. The molecule has 1 aliphatic heterocycles. The van der Waals surface area contributed by atoms with Gasteiger partial charge in [0.25, 0.3) is 5.91 Å². The standard InChI is InChI=1S/C25H40N2O3/c1-10-19-14-15-27(22(29)30-24(7,8)9)25(16-19,23(4,5)6)21(28)26-20-17(2)12-11-13-18(20)3/h11-13,19H,10,14-16H2,1-9H3,(H,26,28)/t19-,25-/m1/s1. The topological polar surface area (TPSA) is 58.6 Å². The van der Waals surface area contributed by atoms with Crippen LogP contribution in [-0.4, -0.2) is 34.6 Å². The number of nitrogens with zero attached hydrogens (tertiary/aromatic N) is 1. The molecule has 30 heavy (non-hydrogen) atoms. The molecule has 0 aromatic heterocycles. The Morgan fingerprint density at radius 1 is 1.13 bits per heavy atom. The number of piperidine rings is 1. The molecule has 0 saturated carbocycles. The van der Waals surface area contributed by atoms with Crippen molar-refractivity contribution < 1.29 is 14.3 Å². The summed E-state index contributed by atoms with van der Waals surface area (Å²) in [4.78, 5) is 29.0. The van der Waals surface area contributed by atoms with Gasteiger partial charge in [-0.25, -0.2) is 4.79 Å². The molecule has 1 aromatic carbocycles. The molecule has 0 bridgehead atoms. The van der Waals surface area contributed by atoms with Crippen LogP contribution < -0.4 is 5.32 Å². The van der Waals surface area contributed by atoms with Gasteiger partial charge in [-0.15, -0.1) is 0 Å². The monoisotopic (exact) mass is 416 g/mol. The summed E-state index contributed by atoms with van der Waals surface area (Å²) in [5.41, 5.74) is 0.763. The Morgan fingerprint density at radius 3 is 2.17 bits per heavy atom. The highest BCUT2D eigenvalue weighted by molar-refractivity contribution is 6.01. The Balaban J connectivity index is 2.56. The first kappa shape index (κ1) is 24.2. The minimum absolute atomic E-state index is 0.128. The molecule has 2 amide bonds. The van der Waals surface area contributed by atoms with E-state index in [-0.39, 0.29) is 5.91 Å². The van der Waals surface area contributed by atoms with Crippen LogP contribution in [0.4, 0.5) is 10.5 Å². The van der Waals surface area contributed by atoms with Gasteiger partial charge in [-0.3, -0.25) is 9.69 Å². The lowest BCUT2D eigenvalue weighted by Crippen LogP contribution is -2.69. The number of rotatable bonds is 3. The van der Waals surface area contributed by atoms with E-state index in [0.29, 0.717) is 18.9 Å². The van der Waals surface area contributed by atoms with E-state index in [1.807, 2.05) is 73.6 Å². The third kappa shape index (κ3) is 4.81. The largest absolute Gasteiger partial charge is 0.444 e. The molecule has 1 saturated heterocycles. The highest BCUT2D eigenvalue weighted by Crippen LogP contribution is 2.47. The van der Waals surface area contributed by atoms with Crippen LogP contribution in [0.2, 0.25) is 0 Å². The van der Waals surface area contributed by atoms with Crippen LogP contribution in [-0.2, 0) is 9.53 Å². The van der Waals surface area contributed by atoms with Crippen molar-refractivity contribution in [3.8, 4) is 0 Å². The molecule has 1 aliphatic rings. The van der Waals surface area contributed by atoms with E-state index < -0.39 is 22.6 Å². The summed E-state index contributed by atoms with van der Waals surface area (Å²) in [7, 11) is 0. The summed E-state index contributed by atoms with van der Waals surface area (Å²) in [6.07, 6.45) is 2.08. The Kier molecular flexibility index (Phi) is 6.95. The third-order valence-electron chi connectivity index (χ3n) is 6.33. The maximum atomic E-state index is 14.0. The van der Waals surface area contributed by atoms with Crippen LogP contribution in [0.15, 0.2) is 18.2 Å².